The van der Waals surface area contributed by atoms with Gasteiger partial charge in [-0.15, -0.1) is 24.0 Å². The smallest absolute Gasteiger partial charge is 0.193 e. The van der Waals surface area contributed by atoms with Crippen LogP contribution in [0.1, 0.15) is 64.2 Å². The van der Waals surface area contributed by atoms with Crippen molar-refractivity contribution >= 4 is 39.8 Å². The molecule has 2 N–H and O–H groups in total. The Morgan fingerprint density at radius 2 is 1.81 bits per heavy atom. The van der Waals surface area contributed by atoms with E-state index in [4.69, 9.17) is 0 Å². The molecule has 0 radical (unpaired) electrons. The zero-order chi connectivity index (χ0) is 18.6. The second-order valence-electron chi connectivity index (χ2n) is 8.38. The van der Waals surface area contributed by atoms with Gasteiger partial charge in [0.25, 0.3) is 0 Å². The van der Waals surface area contributed by atoms with Crippen LogP contribution in [0.15, 0.2) is 4.99 Å². The summed E-state index contributed by atoms with van der Waals surface area (Å²) >= 11 is 0. The Kier molecular flexibility index (Phi) is 8.67. The fourth-order valence-corrected chi connectivity index (χ4v) is 7.19. The average Bonchev–Trinajstić information content (AvgIpc) is 2.66. The van der Waals surface area contributed by atoms with Crippen LogP contribution in [0.4, 0.5) is 0 Å². The molecule has 1 spiro atoms. The van der Waals surface area contributed by atoms with E-state index in [0.717, 1.165) is 50.9 Å². The summed E-state index contributed by atoms with van der Waals surface area (Å²) in [5, 5.41) is 13.8. The summed E-state index contributed by atoms with van der Waals surface area (Å²) in [4.78, 5) is 6.48. The standard InChI is InChI=1S/C19H35N3O3S.HI/c1-20-18(21-14-17(23)16-8-4-2-5-9-16)22-12-13-26(24,25)19(15-22)10-6-3-7-11-19;/h16-17,23H,2-15H2,1H3,(H,20,21);1H. The Labute approximate surface area is 181 Å². The van der Waals surface area contributed by atoms with Gasteiger partial charge in [-0.05, 0) is 31.6 Å². The van der Waals surface area contributed by atoms with Gasteiger partial charge < -0.3 is 15.3 Å². The van der Waals surface area contributed by atoms with Crippen LogP contribution >= 0.6 is 24.0 Å². The average molecular weight is 513 g/mol. The fraction of sp³-hybridized carbons (Fsp3) is 0.947. The molecule has 3 fully saturated rings. The van der Waals surface area contributed by atoms with E-state index in [1.54, 1.807) is 7.05 Å². The van der Waals surface area contributed by atoms with Crippen molar-refractivity contribution in [3.05, 3.63) is 0 Å². The quantitative estimate of drug-likeness (QED) is 0.345. The number of aliphatic hydroxyl groups excluding tert-OH is 1. The van der Waals surface area contributed by atoms with E-state index in [1.807, 2.05) is 0 Å². The summed E-state index contributed by atoms with van der Waals surface area (Å²) in [7, 11) is -1.30. The molecule has 1 heterocycles. The number of guanidine groups is 1. The van der Waals surface area contributed by atoms with Crippen LogP contribution in [0.25, 0.3) is 0 Å². The van der Waals surface area contributed by atoms with Gasteiger partial charge in [-0.1, -0.05) is 38.5 Å². The van der Waals surface area contributed by atoms with Gasteiger partial charge in [-0.3, -0.25) is 4.99 Å². The van der Waals surface area contributed by atoms with Crippen molar-refractivity contribution in [2.45, 2.75) is 75.1 Å². The van der Waals surface area contributed by atoms with Crippen molar-refractivity contribution in [1.29, 1.82) is 0 Å². The van der Waals surface area contributed by atoms with Crippen molar-refractivity contribution in [3.8, 4) is 0 Å². The molecule has 0 aromatic heterocycles. The van der Waals surface area contributed by atoms with E-state index < -0.39 is 14.6 Å². The van der Waals surface area contributed by atoms with Crippen LogP contribution in [0.3, 0.4) is 0 Å². The minimum Gasteiger partial charge on any atom is -0.391 e. The summed E-state index contributed by atoms with van der Waals surface area (Å²) < 4.78 is 24.9. The molecule has 0 aromatic carbocycles. The first-order valence-corrected chi connectivity index (χ1v) is 12.0. The first-order chi connectivity index (χ1) is 12.5. The highest BCUT2D eigenvalue weighted by atomic mass is 127. The monoisotopic (exact) mass is 513 g/mol. The number of hydrogen-bond donors (Lipinski definition) is 2. The second-order valence-corrected chi connectivity index (χ2v) is 10.9. The number of hydrogen-bond acceptors (Lipinski definition) is 4. The van der Waals surface area contributed by atoms with Gasteiger partial charge >= 0.3 is 0 Å². The Morgan fingerprint density at radius 3 is 2.44 bits per heavy atom. The summed E-state index contributed by atoms with van der Waals surface area (Å²) in [6.45, 7) is 1.52. The number of aliphatic hydroxyl groups is 1. The molecule has 0 amide bonds. The van der Waals surface area contributed by atoms with Crippen LogP contribution in [0.5, 0.6) is 0 Å². The summed E-state index contributed by atoms with van der Waals surface area (Å²) in [5.74, 6) is 1.32. The highest BCUT2D eigenvalue weighted by molar-refractivity contribution is 14.0. The summed E-state index contributed by atoms with van der Waals surface area (Å²) in [6.07, 6.45) is 10.2. The first-order valence-electron chi connectivity index (χ1n) is 10.3. The number of nitrogens with one attached hydrogen (secondary N) is 1. The van der Waals surface area contributed by atoms with E-state index in [0.29, 0.717) is 25.6 Å². The molecule has 8 heteroatoms. The van der Waals surface area contributed by atoms with Crippen molar-refractivity contribution in [3.63, 3.8) is 0 Å². The molecule has 1 unspecified atom stereocenters. The Bertz CT molecular complexity index is 599. The molecule has 0 bridgehead atoms. The number of nitrogens with zero attached hydrogens (tertiary/aromatic N) is 2. The predicted octanol–water partition coefficient (Wildman–Crippen LogP) is 2.55. The predicted molar refractivity (Wildman–Crippen MR) is 121 cm³/mol. The third kappa shape index (κ3) is 5.29. The van der Waals surface area contributed by atoms with Gasteiger partial charge in [0, 0.05) is 26.7 Å². The molecule has 3 rings (SSSR count). The molecule has 158 valence electrons. The zero-order valence-electron chi connectivity index (χ0n) is 16.5. The maximum absolute atomic E-state index is 12.8. The lowest BCUT2D eigenvalue weighted by atomic mass is 9.85. The highest BCUT2D eigenvalue weighted by Gasteiger charge is 2.48. The van der Waals surface area contributed by atoms with Crippen LogP contribution in [0.2, 0.25) is 0 Å². The summed E-state index contributed by atoms with van der Waals surface area (Å²) in [6, 6.07) is 0. The maximum atomic E-state index is 12.8. The van der Waals surface area contributed by atoms with Crippen molar-refractivity contribution in [1.82, 2.24) is 10.2 Å². The lowest BCUT2D eigenvalue weighted by molar-refractivity contribution is 0.0872. The zero-order valence-corrected chi connectivity index (χ0v) is 19.7. The molecule has 3 aliphatic rings. The van der Waals surface area contributed by atoms with Gasteiger partial charge in [0.05, 0.1) is 16.6 Å². The van der Waals surface area contributed by atoms with Crippen molar-refractivity contribution < 1.29 is 13.5 Å². The van der Waals surface area contributed by atoms with E-state index in [-0.39, 0.29) is 35.8 Å². The number of sulfone groups is 1. The Hall–Kier alpha value is -0.0900. The normalized spacial score (nSPS) is 27.0. The minimum absolute atomic E-state index is 0. The highest BCUT2D eigenvalue weighted by Crippen LogP contribution is 2.38. The van der Waals surface area contributed by atoms with E-state index in [1.165, 1.54) is 19.3 Å². The van der Waals surface area contributed by atoms with Crippen LogP contribution in [0, 0.1) is 5.92 Å². The summed E-state index contributed by atoms with van der Waals surface area (Å²) in [5.41, 5.74) is 0. The number of aliphatic imine (C=N–C) groups is 1. The topological polar surface area (TPSA) is 82.0 Å². The molecule has 1 aliphatic heterocycles. The minimum atomic E-state index is -3.04. The molecule has 0 aromatic rings. The lowest BCUT2D eigenvalue weighted by Gasteiger charge is -2.45. The third-order valence-corrected chi connectivity index (χ3v) is 9.28. The SMILES string of the molecule is CN=C(NCC(O)C1CCCCC1)N1CCS(=O)(=O)C2(CCCCC2)C1.I. The van der Waals surface area contributed by atoms with Gasteiger partial charge in [0.15, 0.2) is 15.8 Å². The van der Waals surface area contributed by atoms with E-state index in [2.05, 4.69) is 15.2 Å². The van der Waals surface area contributed by atoms with Crippen LogP contribution in [-0.4, -0.2) is 67.7 Å². The molecule has 27 heavy (non-hydrogen) atoms. The van der Waals surface area contributed by atoms with Crippen molar-refractivity contribution in [2.24, 2.45) is 10.9 Å². The van der Waals surface area contributed by atoms with Gasteiger partial charge in [-0.25, -0.2) is 8.42 Å². The first kappa shape index (κ1) is 23.2. The molecule has 1 atom stereocenters. The van der Waals surface area contributed by atoms with Crippen LogP contribution in [-0.2, 0) is 9.84 Å². The third-order valence-electron chi connectivity index (χ3n) is 6.71. The molecule has 6 nitrogen and oxygen atoms in total. The van der Waals surface area contributed by atoms with Gasteiger partial charge in [-0.2, -0.15) is 0 Å². The fourth-order valence-electron chi connectivity index (χ4n) is 5.03. The lowest BCUT2D eigenvalue weighted by Crippen LogP contribution is -2.60. The van der Waals surface area contributed by atoms with Gasteiger partial charge in [0.2, 0.25) is 0 Å². The maximum Gasteiger partial charge on any atom is 0.193 e. The Balaban J connectivity index is 0.00000261. The van der Waals surface area contributed by atoms with Crippen molar-refractivity contribution in [2.75, 3.05) is 32.4 Å². The Morgan fingerprint density at radius 1 is 1.19 bits per heavy atom. The molecular weight excluding hydrogens is 477 g/mol. The van der Waals surface area contributed by atoms with Crippen LogP contribution < -0.4 is 5.32 Å². The molecule has 2 saturated carbocycles. The second kappa shape index (κ2) is 10.1. The largest absolute Gasteiger partial charge is 0.391 e. The van der Waals surface area contributed by atoms with Gasteiger partial charge in [0.1, 0.15) is 0 Å². The van der Waals surface area contributed by atoms with E-state index in [9.17, 15) is 13.5 Å². The van der Waals surface area contributed by atoms with E-state index >= 15 is 0 Å². The molecule has 2 aliphatic carbocycles. The molecule has 1 saturated heterocycles. The number of rotatable bonds is 3. The number of halogens is 1. The molecular formula is C19H36IN3O3S.